The first-order valence-electron chi connectivity index (χ1n) is 7.27. The molecule has 3 aromatic rings. The fourth-order valence-electron chi connectivity index (χ4n) is 2.68. The van der Waals surface area contributed by atoms with Crippen LogP contribution in [0.25, 0.3) is 22.4 Å². The Bertz CT molecular complexity index is 1050. The summed E-state index contributed by atoms with van der Waals surface area (Å²) in [5, 5.41) is 0.624. The van der Waals surface area contributed by atoms with Crippen LogP contribution >= 0.6 is 23.2 Å². The van der Waals surface area contributed by atoms with Gasteiger partial charge in [0.1, 0.15) is 5.02 Å². The van der Waals surface area contributed by atoms with Crippen LogP contribution in [-0.2, 0) is 0 Å². The Hall–Kier alpha value is -2.30. The number of aryl methyl sites for hydroxylation is 2. The van der Waals surface area contributed by atoms with Crippen molar-refractivity contribution in [3.63, 3.8) is 0 Å². The number of aromatic nitrogens is 2. The van der Waals surface area contributed by atoms with Crippen LogP contribution in [-0.4, -0.2) is 9.97 Å². The number of aromatic amines is 2. The van der Waals surface area contributed by atoms with Crippen molar-refractivity contribution in [1.29, 1.82) is 0 Å². The molecule has 0 bridgehead atoms. The van der Waals surface area contributed by atoms with Crippen molar-refractivity contribution >= 4 is 23.2 Å². The minimum Gasteiger partial charge on any atom is -0.361 e. The lowest BCUT2D eigenvalue weighted by Crippen LogP contribution is -2.16. The normalized spacial score (nSPS) is 10.8. The molecule has 0 aliphatic carbocycles. The SMILES string of the molecule is Cc1[nH]c(C)c(-c2c[nH]c(-c3ccccc3Cl)cc2=O)c(=O)c1Cl. The molecule has 122 valence electrons. The van der Waals surface area contributed by atoms with E-state index in [1.165, 1.54) is 12.3 Å². The summed E-state index contributed by atoms with van der Waals surface area (Å²) in [7, 11) is 0. The van der Waals surface area contributed by atoms with E-state index in [1.54, 1.807) is 19.9 Å². The Morgan fingerprint density at radius 2 is 1.67 bits per heavy atom. The second-order valence-corrected chi connectivity index (χ2v) is 6.28. The second-order valence-electron chi connectivity index (χ2n) is 5.50. The van der Waals surface area contributed by atoms with Crippen LogP contribution < -0.4 is 10.9 Å². The van der Waals surface area contributed by atoms with E-state index in [2.05, 4.69) is 9.97 Å². The number of benzene rings is 1. The van der Waals surface area contributed by atoms with Crippen molar-refractivity contribution in [3.05, 3.63) is 78.4 Å². The Balaban J connectivity index is 2.20. The zero-order chi connectivity index (χ0) is 17.4. The maximum atomic E-state index is 12.6. The minimum absolute atomic E-state index is 0.0881. The molecule has 2 heterocycles. The number of hydrogen-bond donors (Lipinski definition) is 2. The van der Waals surface area contributed by atoms with E-state index < -0.39 is 0 Å². The van der Waals surface area contributed by atoms with Crippen molar-refractivity contribution in [3.8, 4) is 22.4 Å². The zero-order valence-corrected chi connectivity index (χ0v) is 14.5. The molecule has 0 saturated heterocycles. The number of hydrogen-bond acceptors (Lipinski definition) is 2. The Labute approximate surface area is 148 Å². The van der Waals surface area contributed by atoms with Gasteiger partial charge in [-0.25, -0.2) is 0 Å². The summed E-state index contributed by atoms with van der Waals surface area (Å²) in [6.07, 6.45) is 1.52. The molecule has 2 N–H and O–H groups in total. The van der Waals surface area contributed by atoms with Gasteiger partial charge in [0, 0.05) is 34.2 Å². The molecule has 0 amide bonds. The highest BCUT2D eigenvalue weighted by Gasteiger charge is 2.16. The molecule has 0 saturated carbocycles. The number of H-pyrrole nitrogens is 2. The molecule has 2 aromatic heterocycles. The number of halogens is 2. The molecule has 0 fully saturated rings. The summed E-state index contributed by atoms with van der Waals surface area (Å²) >= 11 is 12.2. The molecule has 6 heteroatoms. The second kappa shape index (κ2) is 6.30. The lowest BCUT2D eigenvalue weighted by molar-refractivity contribution is 1.11. The van der Waals surface area contributed by atoms with Gasteiger partial charge < -0.3 is 9.97 Å². The van der Waals surface area contributed by atoms with Crippen LogP contribution in [0.5, 0.6) is 0 Å². The van der Waals surface area contributed by atoms with Gasteiger partial charge in [0.25, 0.3) is 0 Å². The molecule has 0 aliphatic rings. The van der Waals surface area contributed by atoms with Gasteiger partial charge in [-0.2, -0.15) is 0 Å². The lowest BCUT2D eigenvalue weighted by atomic mass is 10.0. The number of rotatable bonds is 2. The van der Waals surface area contributed by atoms with Gasteiger partial charge in [0.2, 0.25) is 5.43 Å². The predicted molar refractivity (Wildman–Crippen MR) is 98.0 cm³/mol. The summed E-state index contributed by atoms with van der Waals surface area (Å²) in [5.41, 5.74) is 2.38. The largest absolute Gasteiger partial charge is 0.361 e. The van der Waals surface area contributed by atoms with Crippen LogP contribution in [0.3, 0.4) is 0 Å². The molecule has 1 aromatic carbocycles. The van der Waals surface area contributed by atoms with Gasteiger partial charge in [0.05, 0.1) is 16.8 Å². The molecular weight excluding hydrogens is 347 g/mol. The first kappa shape index (κ1) is 16.6. The van der Waals surface area contributed by atoms with E-state index in [4.69, 9.17) is 23.2 Å². The van der Waals surface area contributed by atoms with Gasteiger partial charge >= 0.3 is 0 Å². The van der Waals surface area contributed by atoms with Crippen LogP contribution in [0.1, 0.15) is 11.4 Å². The van der Waals surface area contributed by atoms with Crippen molar-refractivity contribution in [1.82, 2.24) is 9.97 Å². The summed E-state index contributed by atoms with van der Waals surface area (Å²) < 4.78 is 0. The minimum atomic E-state index is -0.360. The van der Waals surface area contributed by atoms with E-state index in [1.807, 2.05) is 18.2 Å². The average molecular weight is 361 g/mol. The maximum absolute atomic E-state index is 12.6. The fraction of sp³-hybridized carbons (Fsp3) is 0.111. The third-order valence-corrected chi connectivity index (χ3v) is 4.64. The molecule has 0 radical (unpaired) electrons. The standard InChI is InChI=1S/C18H14Cl2N2O2/c1-9-16(18(24)17(20)10(2)22-9)12-8-21-14(7-15(12)23)11-5-3-4-6-13(11)19/h3-8H,1-2H3,(H,21,23)(H,22,24). The summed E-state index contributed by atoms with van der Waals surface area (Å²) in [4.78, 5) is 31.1. The van der Waals surface area contributed by atoms with E-state index in [-0.39, 0.29) is 27.0 Å². The third-order valence-electron chi connectivity index (χ3n) is 3.85. The first-order valence-corrected chi connectivity index (χ1v) is 8.02. The third kappa shape index (κ3) is 2.79. The first-order chi connectivity index (χ1) is 11.4. The molecule has 0 unspecified atom stereocenters. The molecule has 24 heavy (non-hydrogen) atoms. The fourth-order valence-corrected chi connectivity index (χ4v) is 3.05. The molecule has 0 aliphatic heterocycles. The molecule has 0 spiro atoms. The highest BCUT2D eigenvalue weighted by molar-refractivity contribution is 6.33. The molecule has 0 atom stereocenters. The van der Waals surface area contributed by atoms with E-state index in [9.17, 15) is 9.59 Å². The Morgan fingerprint density at radius 3 is 2.33 bits per heavy atom. The molecule has 4 nitrogen and oxygen atoms in total. The van der Waals surface area contributed by atoms with Gasteiger partial charge in [-0.05, 0) is 19.9 Å². The van der Waals surface area contributed by atoms with Crippen molar-refractivity contribution in [2.75, 3.05) is 0 Å². The number of nitrogens with one attached hydrogen (secondary N) is 2. The quantitative estimate of drug-likeness (QED) is 0.714. The van der Waals surface area contributed by atoms with Gasteiger partial charge in [-0.3, -0.25) is 9.59 Å². The maximum Gasteiger partial charge on any atom is 0.208 e. The summed E-state index contributed by atoms with van der Waals surface area (Å²) in [5.74, 6) is 0. The molecular formula is C18H14Cl2N2O2. The number of pyridine rings is 2. The molecule has 3 rings (SSSR count). The highest BCUT2D eigenvalue weighted by atomic mass is 35.5. The van der Waals surface area contributed by atoms with Gasteiger partial charge in [-0.1, -0.05) is 41.4 Å². The van der Waals surface area contributed by atoms with E-state index >= 15 is 0 Å². The van der Waals surface area contributed by atoms with E-state index in [0.29, 0.717) is 22.1 Å². The van der Waals surface area contributed by atoms with Crippen molar-refractivity contribution < 1.29 is 0 Å². The van der Waals surface area contributed by atoms with Crippen LogP contribution in [0.4, 0.5) is 0 Å². The average Bonchev–Trinajstić information content (AvgIpc) is 2.55. The summed E-state index contributed by atoms with van der Waals surface area (Å²) in [6.45, 7) is 3.45. The topological polar surface area (TPSA) is 65.7 Å². The van der Waals surface area contributed by atoms with Crippen LogP contribution in [0.2, 0.25) is 10.0 Å². The summed E-state index contributed by atoms with van der Waals surface area (Å²) in [6, 6.07) is 8.65. The van der Waals surface area contributed by atoms with Crippen molar-refractivity contribution in [2.24, 2.45) is 0 Å². The van der Waals surface area contributed by atoms with E-state index in [0.717, 1.165) is 5.56 Å². The van der Waals surface area contributed by atoms with Gasteiger partial charge in [0.15, 0.2) is 5.43 Å². The monoisotopic (exact) mass is 360 g/mol. The lowest BCUT2D eigenvalue weighted by Gasteiger charge is -2.09. The highest BCUT2D eigenvalue weighted by Crippen LogP contribution is 2.26. The predicted octanol–water partition coefficient (Wildman–Crippen LogP) is 4.32. The Morgan fingerprint density at radius 1 is 0.958 bits per heavy atom. The Kier molecular flexibility index (Phi) is 4.35. The smallest absolute Gasteiger partial charge is 0.208 e. The van der Waals surface area contributed by atoms with Crippen LogP contribution in [0.15, 0.2) is 46.1 Å². The van der Waals surface area contributed by atoms with Crippen LogP contribution in [0, 0.1) is 13.8 Å². The zero-order valence-electron chi connectivity index (χ0n) is 13.0. The van der Waals surface area contributed by atoms with Crippen molar-refractivity contribution in [2.45, 2.75) is 13.8 Å². The van der Waals surface area contributed by atoms with Gasteiger partial charge in [-0.15, -0.1) is 0 Å².